The van der Waals surface area contributed by atoms with Crippen molar-refractivity contribution in [3.8, 4) is 0 Å². The first-order valence-corrected chi connectivity index (χ1v) is 8.04. The molecule has 1 N–H and O–H groups in total. The first-order chi connectivity index (χ1) is 10.0. The Morgan fingerprint density at radius 3 is 2.90 bits per heavy atom. The van der Waals surface area contributed by atoms with Gasteiger partial charge in [-0.1, -0.05) is 6.92 Å². The number of anilines is 2. The van der Waals surface area contributed by atoms with E-state index >= 15 is 0 Å². The molecule has 118 valence electrons. The molecule has 2 rings (SSSR count). The molecule has 5 heteroatoms. The van der Waals surface area contributed by atoms with Crippen LogP contribution < -0.4 is 10.2 Å². The third-order valence-corrected chi connectivity index (χ3v) is 3.89. The SMILES string of the molecule is Cc1cc(N2CCCC(C)C2)nc(NCCCN(C)C)n1. The van der Waals surface area contributed by atoms with Crippen LogP contribution in [0.5, 0.6) is 0 Å². The number of aryl methyl sites for hydroxylation is 1. The predicted octanol–water partition coefficient (Wildman–Crippen LogP) is 2.38. The summed E-state index contributed by atoms with van der Waals surface area (Å²) < 4.78 is 0. The van der Waals surface area contributed by atoms with E-state index in [-0.39, 0.29) is 0 Å². The molecule has 0 amide bonds. The minimum absolute atomic E-state index is 0.755. The lowest BCUT2D eigenvalue weighted by atomic mass is 10.0. The lowest BCUT2D eigenvalue weighted by Crippen LogP contribution is -2.35. The van der Waals surface area contributed by atoms with Gasteiger partial charge in [0.25, 0.3) is 0 Å². The zero-order chi connectivity index (χ0) is 15.2. The van der Waals surface area contributed by atoms with Crippen molar-refractivity contribution >= 4 is 11.8 Å². The Balaban J connectivity index is 1.96. The number of rotatable bonds is 6. The number of piperidine rings is 1. The highest BCUT2D eigenvalue weighted by molar-refractivity contribution is 5.45. The van der Waals surface area contributed by atoms with E-state index in [1.165, 1.54) is 12.8 Å². The molecular weight excluding hydrogens is 262 g/mol. The fraction of sp³-hybridized carbons (Fsp3) is 0.750. The fourth-order valence-electron chi connectivity index (χ4n) is 2.79. The molecule has 0 spiro atoms. The van der Waals surface area contributed by atoms with Crippen LogP contribution in [0.3, 0.4) is 0 Å². The standard InChI is InChI=1S/C16H29N5/c1-13-7-5-10-21(12-13)15-11-14(2)18-16(19-15)17-8-6-9-20(3)4/h11,13H,5-10,12H2,1-4H3,(H,17,18,19). The zero-order valence-electron chi connectivity index (χ0n) is 13.9. The number of aromatic nitrogens is 2. The van der Waals surface area contributed by atoms with Crippen LogP contribution in [0.25, 0.3) is 0 Å². The molecular formula is C16H29N5. The second-order valence-electron chi connectivity index (χ2n) is 6.47. The van der Waals surface area contributed by atoms with Gasteiger partial charge in [0.15, 0.2) is 0 Å². The number of hydrogen-bond acceptors (Lipinski definition) is 5. The smallest absolute Gasteiger partial charge is 0.224 e. The molecule has 0 radical (unpaired) electrons. The van der Waals surface area contributed by atoms with E-state index < -0.39 is 0 Å². The first-order valence-electron chi connectivity index (χ1n) is 8.04. The van der Waals surface area contributed by atoms with E-state index in [9.17, 15) is 0 Å². The maximum atomic E-state index is 4.70. The van der Waals surface area contributed by atoms with Crippen molar-refractivity contribution in [2.45, 2.75) is 33.1 Å². The van der Waals surface area contributed by atoms with Gasteiger partial charge in [-0.15, -0.1) is 0 Å². The molecule has 1 aromatic rings. The molecule has 1 unspecified atom stereocenters. The minimum atomic E-state index is 0.755. The van der Waals surface area contributed by atoms with E-state index in [0.717, 1.165) is 56.0 Å². The molecule has 0 aromatic carbocycles. The van der Waals surface area contributed by atoms with Gasteiger partial charge < -0.3 is 15.1 Å². The molecule has 1 aliphatic heterocycles. The maximum absolute atomic E-state index is 4.70. The van der Waals surface area contributed by atoms with Crippen LogP contribution >= 0.6 is 0 Å². The highest BCUT2D eigenvalue weighted by atomic mass is 15.2. The summed E-state index contributed by atoms with van der Waals surface area (Å²) in [5.74, 6) is 2.59. The lowest BCUT2D eigenvalue weighted by Gasteiger charge is -2.32. The summed E-state index contributed by atoms with van der Waals surface area (Å²) in [7, 11) is 4.19. The van der Waals surface area contributed by atoms with E-state index in [2.05, 4.69) is 47.2 Å². The molecule has 1 aliphatic rings. The maximum Gasteiger partial charge on any atom is 0.224 e. The van der Waals surface area contributed by atoms with Crippen molar-refractivity contribution in [1.29, 1.82) is 0 Å². The largest absolute Gasteiger partial charge is 0.356 e. The summed E-state index contributed by atoms with van der Waals surface area (Å²) >= 11 is 0. The minimum Gasteiger partial charge on any atom is -0.356 e. The van der Waals surface area contributed by atoms with Crippen LogP contribution in [0.1, 0.15) is 31.9 Å². The highest BCUT2D eigenvalue weighted by Crippen LogP contribution is 2.22. The van der Waals surface area contributed by atoms with E-state index in [1.54, 1.807) is 0 Å². The van der Waals surface area contributed by atoms with Crippen LogP contribution in [0.4, 0.5) is 11.8 Å². The second-order valence-corrected chi connectivity index (χ2v) is 6.47. The average molecular weight is 291 g/mol. The molecule has 2 heterocycles. The van der Waals surface area contributed by atoms with Gasteiger partial charge in [-0.25, -0.2) is 4.98 Å². The lowest BCUT2D eigenvalue weighted by molar-refractivity contribution is 0.405. The topological polar surface area (TPSA) is 44.3 Å². The molecule has 1 aromatic heterocycles. The van der Waals surface area contributed by atoms with Crippen LogP contribution in [-0.4, -0.2) is 55.1 Å². The van der Waals surface area contributed by atoms with E-state index in [1.807, 2.05) is 6.92 Å². The average Bonchev–Trinajstić information content (AvgIpc) is 2.43. The van der Waals surface area contributed by atoms with Crippen molar-refractivity contribution < 1.29 is 0 Å². The van der Waals surface area contributed by atoms with E-state index in [4.69, 9.17) is 4.98 Å². The molecule has 1 saturated heterocycles. The molecule has 21 heavy (non-hydrogen) atoms. The van der Waals surface area contributed by atoms with Gasteiger partial charge in [-0.2, -0.15) is 4.98 Å². The van der Waals surface area contributed by atoms with Crippen LogP contribution in [0.2, 0.25) is 0 Å². The monoisotopic (exact) mass is 291 g/mol. The Labute approximate surface area is 128 Å². The zero-order valence-corrected chi connectivity index (χ0v) is 13.9. The predicted molar refractivity (Wildman–Crippen MR) is 89.0 cm³/mol. The van der Waals surface area contributed by atoms with Crippen molar-refractivity contribution in [1.82, 2.24) is 14.9 Å². The summed E-state index contributed by atoms with van der Waals surface area (Å²) in [5, 5.41) is 3.36. The summed E-state index contributed by atoms with van der Waals surface area (Å²) in [6, 6.07) is 2.10. The van der Waals surface area contributed by atoms with Crippen molar-refractivity contribution in [3.05, 3.63) is 11.8 Å². The number of nitrogens with one attached hydrogen (secondary N) is 1. The van der Waals surface area contributed by atoms with Crippen LogP contribution in [0.15, 0.2) is 6.07 Å². The van der Waals surface area contributed by atoms with Crippen molar-refractivity contribution in [3.63, 3.8) is 0 Å². The van der Waals surface area contributed by atoms with Gasteiger partial charge in [0.2, 0.25) is 5.95 Å². The van der Waals surface area contributed by atoms with Crippen molar-refractivity contribution in [2.24, 2.45) is 5.92 Å². The molecule has 0 saturated carbocycles. The normalized spacial score (nSPS) is 19.1. The van der Waals surface area contributed by atoms with Gasteiger partial charge in [0, 0.05) is 31.4 Å². The fourth-order valence-corrected chi connectivity index (χ4v) is 2.79. The third-order valence-electron chi connectivity index (χ3n) is 3.89. The number of nitrogens with zero attached hydrogens (tertiary/aromatic N) is 4. The summed E-state index contributed by atoms with van der Waals surface area (Å²) in [5.41, 5.74) is 1.04. The Kier molecular flexibility index (Phi) is 5.79. The van der Waals surface area contributed by atoms with Gasteiger partial charge in [0.1, 0.15) is 5.82 Å². The quantitative estimate of drug-likeness (QED) is 0.815. The summed E-state index contributed by atoms with van der Waals surface area (Å²) in [4.78, 5) is 13.8. The van der Waals surface area contributed by atoms with Crippen molar-refractivity contribution in [2.75, 3.05) is 50.5 Å². The Morgan fingerprint density at radius 1 is 1.38 bits per heavy atom. The first kappa shape index (κ1) is 16.0. The molecule has 5 nitrogen and oxygen atoms in total. The molecule has 0 bridgehead atoms. The summed E-state index contributed by atoms with van der Waals surface area (Å²) in [6.07, 6.45) is 3.69. The van der Waals surface area contributed by atoms with Gasteiger partial charge in [-0.3, -0.25) is 0 Å². The van der Waals surface area contributed by atoms with Crippen LogP contribution in [-0.2, 0) is 0 Å². The Bertz CT molecular complexity index is 446. The summed E-state index contributed by atoms with van der Waals surface area (Å²) in [6.45, 7) is 8.58. The molecule has 1 atom stereocenters. The van der Waals surface area contributed by atoms with Gasteiger partial charge >= 0.3 is 0 Å². The van der Waals surface area contributed by atoms with E-state index in [0.29, 0.717) is 0 Å². The van der Waals surface area contributed by atoms with Gasteiger partial charge in [-0.05, 0) is 52.7 Å². The Morgan fingerprint density at radius 2 is 2.19 bits per heavy atom. The van der Waals surface area contributed by atoms with Gasteiger partial charge in [0.05, 0.1) is 0 Å². The third kappa shape index (κ3) is 5.16. The highest BCUT2D eigenvalue weighted by Gasteiger charge is 2.18. The second kappa shape index (κ2) is 7.59. The van der Waals surface area contributed by atoms with Crippen LogP contribution in [0, 0.1) is 12.8 Å². The molecule has 0 aliphatic carbocycles. The Hall–Kier alpha value is -1.36. The number of hydrogen-bond donors (Lipinski definition) is 1. The molecule has 1 fully saturated rings.